The summed E-state index contributed by atoms with van der Waals surface area (Å²) >= 11 is 11.6. The van der Waals surface area contributed by atoms with Gasteiger partial charge in [-0.2, -0.15) is 0 Å². The predicted octanol–water partition coefficient (Wildman–Crippen LogP) is 4.16. The van der Waals surface area contributed by atoms with Crippen molar-refractivity contribution in [2.75, 3.05) is 0 Å². The standard InChI is InChI=1S/C13H7Cl2F2NO2/c14-8-4-7(13(18)19)12(5-9(8)15)20-11-2-1-6(16)3-10(11)17/h1-5H,(H2,18,19). The van der Waals surface area contributed by atoms with Crippen LogP contribution in [-0.2, 0) is 0 Å². The van der Waals surface area contributed by atoms with Crippen LogP contribution >= 0.6 is 23.2 Å². The highest BCUT2D eigenvalue weighted by molar-refractivity contribution is 6.42. The first-order valence-corrected chi connectivity index (χ1v) is 6.06. The van der Waals surface area contributed by atoms with Gasteiger partial charge in [0.05, 0.1) is 15.6 Å². The molecule has 0 radical (unpaired) electrons. The molecule has 0 bridgehead atoms. The van der Waals surface area contributed by atoms with E-state index in [1.54, 1.807) is 0 Å². The smallest absolute Gasteiger partial charge is 0.252 e. The van der Waals surface area contributed by atoms with Crippen molar-refractivity contribution >= 4 is 29.1 Å². The normalized spacial score (nSPS) is 10.4. The van der Waals surface area contributed by atoms with Gasteiger partial charge in [-0.1, -0.05) is 23.2 Å². The fourth-order valence-corrected chi connectivity index (χ4v) is 1.80. The van der Waals surface area contributed by atoms with E-state index in [-0.39, 0.29) is 27.1 Å². The number of hydrogen-bond acceptors (Lipinski definition) is 2. The quantitative estimate of drug-likeness (QED) is 0.924. The van der Waals surface area contributed by atoms with Crippen LogP contribution in [0, 0.1) is 11.6 Å². The number of amides is 1. The molecule has 7 heteroatoms. The Bertz CT molecular complexity index is 692. The maximum absolute atomic E-state index is 13.5. The number of rotatable bonds is 3. The zero-order valence-electron chi connectivity index (χ0n) is 9.79. The lowest BCUT2D eigenvalue weighted by Crippen LogP contribution is -2.12. The average Bonchev–Trinajstić information content (AvgIpc) is 2.36. The van der Waals surface area contributed by atoms with Crippen molar-refractivity contribution in [3.05, 3.63) is 57.6 Å². The van der Waals surface area contributed by atoms with Gasteiger partial charge in [0.1, 0.15) is 11.6 Å². The minimum absolute atomic E-state index is 0.0666. The van der Waals surface area contributed by atoms with E-state index >= 15 is 0 Å². The lowest BCUT2D eigenvalue weighted by molar-refractivity contribution is 0.0998. The maximum Gasteiger partial charge on any atom is 0.252 e. The van der Waals surface area contributed by atoms with Crippen molar-refractivity contribution in [3.63, 3.8) is 0 Å². The van der Waals surface area contributed by atoms with Crippen LogP contribution in [0.5, 0.6) is 11.5 Å². The molecule has 20 heavy (non-hydrogen) atoms. The lowest BCUT2D eigenvalue weighted by atomic mass is 10.2. The Morgan fingerprint density at radius 1 is 1.05 bits per heavy atom. The highest BCUT2D eigenvalue weighted by atomic mass is 35.5. The van der Waals surface area contributed by atoms with Gasteiger partial charge in [-0.15, -0.1) is 0 Å². The van der Waals surface area contributed by atoms with E-state index in [2.05, 4.69) is 0 Å². The van der Waals surface area contributed by atoms with Crippen molar-refractivity contribution in [1.29, 1.82) is 0 Å². The van der Waals surface area contributed by atoms with Gasteiger partial charge in [0, 0.05) is 12.1 Å². The molecular weight excluding hydrogens is 311 g/mol. The Balaban J connectivity index is 2.47. The third-order valence-electron chi connectivity index (χ3n) is 2.40. The monoisotopic (exact) mass is 317 g/mol. The molecule has 104 valence electrons. The van der Waals surface area contributed by atoms with Crippen molar-refractivity contribution < 1.29 is 18.3 Å². The second-order valence-corrected chi connectivity index (χ2v) is 4.62. The third kappa shape index (κ3) is 3.00. The van der Waals surface area contributed by atoms with E-state index in [1.165, 1.54) is 12.1 Å². The van der Waals surface area contributed by atoms with Crippen molar-refractivity contribution in [1.82, 2.24) is 0 Å². The average molecular weight is 318 g/mol. The number of ether oxygens (including phenoxy) is 1. The Morgan fingerprint density at radius 2 is 1.70 bits per heavy atom. The molecule has 2 aromatic carbocycles. The van der Waals surface area contributed by atoms with Crippen LogP contribution in [0.4, 0.5) is 8.78 Å². The number of carbonyl (C=O) groups excluding carboxylic acids is 1. The van der Waals surface area contributed by atoms with Crippen molar-refractivity contribution in [2.24, 2.45) is 5.73 Å². The molecule has 0 saturated heterocycles. The summed E-state index contributed by atoms with van der Waals surface area (Å²) in [5.41, 5.74) is 5.11. The van der Waals surface area contributed by atoms with Crippen LogP contribution in [-0.4, -0.2) is 5.91 Å². The van der Waals surface area contributed by atoms with Gasteiger partial charge in [-0.25, -0.2) is 8.78 Å². The predicted molar refractivity (Wildman–Crippen MR) is 71.4 cm³/mol. The molecule has 0 saturated carbocycles. The summed E-state index contributed by atoms with van der Waals surface area (Å²) < 4.78 is 31.5. The molecule has 0 aliphatic rings. The summed E-state index contributed by atoms with van der Waals surface area (Å²) in [7, 11) is 0. The number of halogens is 4. The van der Waals surface area contributed by atoms with E-state index < -0.39 is 17.5 Å². The number of primary amides is 1. The van der Waals surface area contributed by atoms with E-state index in [9.17, 15) is 13.6 Å². The molecule has 0 aromatic heterocycles. The van der Waals surface area contributed by atoms with Crippen molar-refractivity contribution in [3.8, 4) is 11.5 Å². The Morgan fingerprint density at radius 3 is 2.30 bits per heavy atom. The van der Waals surface area contributed by atoms with Crippen LogP contribution in [0.25, 0.3) is 0 Å². The molecule has 3 nitrogen and oxygen atoms in total. The Labute approximate surface area is 122 Å². The second kappa shape index (κ2) is 5.64. The fourth-order valence-electron chi connectivity index (χ4n) is 1.48. The summed E-state index contributed by atoms with van der Waals surface area (Å²) in [4.78, 5) is 11.3. The van der Waals surface area contributed by atoms with Gasteiger partial charge in [0.25, 0.3) is 5.91 Å². The topological polar surface area (TPSA) is 52.3 Å². The summed E-state index contributed by atoms with van der Waals surface area (Å²) in [6.45, 7) is 0. The third-order valence-corrected chi connectivity index (χ3v) is 3.12. The van der Waals surface area contributed by atoms with Gasteiger partial charge in [-0.05, 0) is 18.2 Å². The van der Waals surface area contributed by atoms with Gasteiger partial charge in [0.2, 0.25) is 0 Å². The molecular formula is C13H7Cl2F2NO2. The van der Waals surface area contributed by atoms with E-state index in [1.807, 2.05) is 0 Å². The summed E-state index contributed by atoms with van der Waals surface area (Å²) in [5.74, 6) is -2.84. The Kier molecular flexibility index (Phi) is 4.11. The molecule has 0 aliphatic carbocycles. The van der Waals surface area contributed by atoms with Crippen LogP contribution in [0.15, 0.2) is 30.3 Å². The zero-order chi connectivity index (χ0) is 14.9. The number of benzene rings is 2. The molecule has 0 atom stereocenters. The van der Waals surface area contributed by atoms with Gasteiger partial charge < -0.3 is 10.5 Å². The first-order valence-electron chi connectivity index (χ1n) is 5.30. The SMILES string of the molecule is NC(=O)c1cc(Cl)c(Cl)cc1Oc1ccc(F)cc1F. The molecule has 2 N–H and O–H groups in total. The number of hydrogen-bond donors (Lipinski definition) is 1. The summed E-state index contributed by atoms with van der Waals surface area (Å²) in [5, 5.41) is 0.210. The molecule has 0 unspecified atom stereocenters. The van der Waals surface area contributed by atoms with Gasteiger partial charge >= 0.3 is 0 Å². The molecule has 0 spiro atoms. The van der Waals surface area contributed by atoms with Crippen LogP contribution in [0.3, 0.4) is 0 Å². The zero-order valence-corrected chi connectivity index (χ0v) is 11.3. The molecule has 0 fully saturated rings. The summed E-state index contributed by atoms with van der Waals surface area (Å²) in [6.07, 6.45) is 0. The lowest BCUT2D eigenvalue weighted by Gasteiger charge is -2.11. The second-order valence-electron chi connectivity index (χ2n) is 3.80. The molecule has 0 aliphatic heterocycles. The van der Waals surface area contributed by atoms with Gasteiger partial charge in [0.15, 0.2) is 11.6 Å². The molecule has 2 rings (SSSR count). The van der Waals surface area contributed by atoms with Crippen LogP contribution in [0.2, 0.25) is 10.0 Å². The summed E-state index contributed by atoms with van der Waals surface area (Å²) in [6, 6.07) is 5.18. The van der Waals surface area contributed by atoms with Crippen molar-refractivity contribution in [2.45, 2.75) is 0 Å². The first-order chi connectivity index (χ1) is 9.38. The molecule has 2 aromatic rings. The van der Waals surface area contributed by atoms with Crippen LogP contribution < -0.4 is 10.5 Å². The first kappa shape index (κ1) is 14.6. The highest BCUT2D eigenvalue weighted by Crippen LogP contribution is 2.34. The van der Waals surface area contributed by atoms with E-state index in [4.69, 9.17) is 33.7 Å². The van der Waals surface area contributed by atoms with Gasteiger partial charge in [-0.3, -0.25) is 4.79 Å². The van der Waals surface area contributed by atoms with Crippen LogP contribution in [0.1, 0.15) is 10.4 Å². The minimum Gasteiger partial charge on any atom is -0.453 e. The minimum atomic E-state index is -0.925. The molecule has 0 heterocycles. The van der Waals surface area contributed by atoms with E-state index in [0.29, 0.717) is 6.07 Å². The van der Waals surface area contributed by atoms with E-state index in [0.717, 1.165) is 12.1 Å². The molecule has 1 amide bonds. The Hall–Kier alpha value is -1.85. The number of nitrogens with two attached hydrogens (primary N) is 1. The fraction of sp³-hybridized carbons (Fsp3) is 0. The highest BCUT2D eigenvalue weighted by Gasteiger charge is 2.16. The number of carbonyl (C=O) groups is 1. The largest absolute Gasteiger partial charge is 0.453 e. The maximum atomic E-state index is 13.5.